The van der Waals surface area contributed by atoms with Gasteiger partial charge in [0, 0.05) is 37.1 Å². The fourth-order valence-corrected chi connectivity index (χ4v) is 18.4. The van der Waals surface area contributed by atoms with E-state index < -0.39 is 22.4 Å². The summed E-state index contributed by atoms with van der Waals surface area (Å²) in [5, 5.41) is 3.34. The zero-order chi connectivity index (χ0) is 52.7. The first-order valence-electron chi connectivity index (χ1n) is 28.7. The lowest BCUT2D eigenvalue weighted by Gasteiger charge is -2.44. The number of hydrogen-bond donors (Lipinski definition) is 1. The number of carbonyl (C=O) groups is 3. The van der Waals surface area contributed by atoms with Gasteiger partial charge in [-0.1, -0.05) is 165 Å². The van der Waals surface area contributed by atoms with Crippen LogP contribution in [0.1, 0.15) is 224 Å². The summed E-state index contributed by atoms with van der Waals surface area (Å²) in [6.07, 6.45) is 28.3. The third-order valence-electron chi connectivity index (χ3n) is 16.2. The van der Waals surface area contributed by atoms with Crippen LogP contribution < -0.4 is 5.32 Å². The summed E-state index contributed by atoms with van der Waals surface area (Å²) in [6.45, 7) is 35.1. The van der Waals surface area contributed by atoms with Crippen molar-refractivity contribution in [3.05, 3.63) is 36.1 Å². The lowest BCUT2D eigenvalue weighted by molar-refractivity contribution is -0.173. The maximum absolute atomic E-state index is 14.3. The maximum Gasteiger partial charge on any atom is 0.337 e. The van der Waals surface area contributed by atoms with Crippen LogP contribution in [0.2, 0.25) is 34.8 Å². The molecule has 0 spiro atoms. The van der Waals surface area contributed by atoms with Crippen LogP contribution in [0.15, 0.2) is 36.1 Å². The molecule has 410 valence electrons. The number of nitrogens with one attached hydrogen (secondary N) is 1. The highest BCUT2D eigenvalue weighted by molar-refractivity contribution is 6.77. The zero-order valence-electron chi connectivity index (χ0n) is 47.7. The molecule has 2 saturated heterocycles. The van der Waals surface area contributed by atoms with Crippen molar-refractivity contribution in [1.82, 2.24) is 10.2 Å². The molecule has 1 N–H and O–H groups in total. The first kappa shape index (κ1) is 63.0. The molecule has 4 atom stereocenters. The van der Waals surface area contributed by atoms with Gasteiger partial charge in [-0.05, 0) is 99.5 Å². The van der Waals surface area contributed by atoms with Crippen LogP contribution in [0.3, 0.4) is 0 Å². The third-order valence-corrected chi connectivity index (χ3v) is 26.9. The third kappa shape index (κ3) is 20.1. The summed E-state index contributed by atoms with van der Waals surface area (Å²) in [5.74, 6) is -1.22. The molecule has 3 heterocycles. The van der Waals surface area contributed by atoms with E-state index in [0.29, 0.717) is 86.4 Å². The molecule has 3 aliphatic heterocycles. The number of ether oxygens (including phenoxy) is 4. The quantitative estimate of drug-likeness (QED) is 0.0280. The maximum atomic E-state index is 14.3. The number of amides is 2. The topological polar surface area (TPSA) is 122 Å². The Morgan fingerprint density at radius 3 is 1.92 bits per heavy atom. The second-order valence-electron chi connectivity index (χ2n) is 23.7. The molecule has 0 aromatic rings. The Kier molecular flexibility index (Phi) is 28.0. The van der Waals surface area contributed by atoms with Crippen molar-refractivity contribution in [2.24, 2.45) is 0 Å². The number of allylic oxidation sites excluding steroid dienone is 2. The van der Waals surface area contributed by atoms with Crippen molar-refractivity contribution < 1.29 is 42.2 Å². The van der Waals surface area contributed by atoms with Gasteiger partial charge >= 0.3 is 18.0 Å². The Morgan fingerprint density at radius 1 is 0.817 bits per heavy atom. The predicted octanol–water partition coefficient (Wildman–Crippen LogP) is 15.6. The highest BCUT2D eigenvalue weighted by Crippen LogP contribution is 2.45. The summed E-state index contributed by atoms with van der Waals surface area (Å²) in [7, 11) is -3.96. The Labute approximate surface area is 436 Å². The standard InChI is InChI=1S/C58H106N2O9Si2/c1-15-40-64-53(61)36-28-26-24-22-20-18-17-19-21-23-25-27-31-41-65-55(62)54-51(35-32-33-48(9)68-70(13,14)57(10,11)12)59-56(63)60-49(37-38-52(54)60)44-58(66-42-43-67-58)39-30-29-34-50(16-2)69-71(45(3)4,46(5)6)47(7)8/h15,29,34,45-50,52H,1,16-28,30-33,35-44H2,2-14H3,(H,59,63). The lowest BCUT2D eigenvalue weighted by atomic mass is 9.97. The minimum absolute atomic E-state index is 0.0720. The van der Waals surface area contributed by atoms with Crippen molar-refractivity contribution >= 4 is 34.6 Å². The van der Waals surface area contributed by atoms with Crippen molar-refractivity contribution in [2.75, 3.05) is 26.4 Å². The van der Waals surface area contributed by atoms with Crippen molar-refractivity contribution in [3.63, 3.8) is 0 Å². The molecule has 0 aromatic carbocycles. The molecule has 0 bridgehead atoms. The summed E-state index contributed by atoms with van der Waals surface area (Å²) in [5.41, 5.74) is 2.90. The van der Waals surface area contributed by atoms with E-state index in [0.717, 1.165) is 64.2 Å². The molecule has 4 unspecified atom stereocenters. The molecule has 71 heavy (non-hydrogen) atoms. The monoisotopic (exact) mass is 1030 g/mol. The van der Waals surface area contributed by atoms with Crippen molar-refractivity contribution in [2.45, 2.75) is 289 Å². The van der Waals surface area contributed by atoms with Crippen molar-refractivity contribution in [3.8, 4) is 0 Å². The van der Waals surface area contributed by atoms with Crippen LogP contribution in [0, 0.1) is 0 Å². The summed E-state index contributed by atoms with van der Waals surface area (Å²) < 4.78 is 37.8. The molecule has 0 radical (unpaired) electrons. The predicted molar refractivity (Wildman–Crippen MR) is 296 cm³/mol. The molecule has 3 rings (SSSR count). The Bertz CT molecular complexity index is 1630. The van der Waals surface area contributed by atoms with Crippen molar-refractivity contribution in [1.29, 1.82) is 0 Å². The summed E-state index contributed by atoms with van der Waals surface area (Å²) >= 11 is 0. The normalized spacial score (nSPS) is 19.5. The van der Waals surface area contributed by atoms with Gasteiger partial charge in [-0.15, -0.1) is 0 Å². The minimum atomic E-state index is -2.03. The molecule has 2 fully saturated rings. The van der Waals surface area contributed by atoms with E-state index in [9.17, 15) is 14.4 Å². The highest BCUT2D eigenvalue weighted by atomic mass is 28.4. The molecule has 13 heteroatoms. The molecule has 11 nitrogen and oxygen atoms in total. The van der Waals surface area contributed by atoms with Crippen LogP contribution in [-0.4, -0.2) is 96.0 Å². The second-order valence-corrected chi connectivity index (χ2v) is 33.8. The summed E-state index contributed by atoms with van der Waals surface area (Å²) in [6, 6.07) is -0.625. The van der Waals surface area contributed by atoms with Crippen LogP contribution in [0.25, 0.3) is 0 Å². The van der Waals surface area contributed by atoms with E-state index in [1.807, 2.05) is 4.90 Å². The molecule has 3 aliphatic rings. The Morgan fingerprint density at radius 2 is 1.38 bits per heavy atom. The van der Waals surface area contributed by atoms with E-state index in [2.05, 4.69) is 113 Å². The smallest absolute Gasteiger partial charge is 0.337 e. The van der Waals surface area contributed by atoms with Crippen LogP contribution in [0.5, 0.6) is 0 Å². The van der Waals surface area contributed by atoms with Gasteiger partial charge in [0.2, 0.25) is 8.32 Å². The van der Waals surface area contributed by atoms with E-state index in [1.165, 1.54) is 51.4 Å². The number of carbonyl (C=O) groups excluding carboxylic acids is 3. The van der Waals surface area contributed by atoms with E-state index in [-0.39, 0.29) is 47.3 Å². The van der Waals surface area contributed by atoms with Gasteiger partial charge < -0.3 is 38.0 Å². The number of hydrogen-bond acceptors (Lipinski definition) is 9. The van der Waals surface area contributed by atoms with Gasteiger partial charge in [0.25, 0.3) is 0 Å². The van der Waals surface area contributed by atoms with E-state index >= 15 is 0 Å². The molecule has 2 amide bonds. The molecular weight excluding hydrogens is 925 g/mol. The average Bonchev–Trinajstić information content (AvgIpc) is 3.94. The SMILES string of the molecule is C=CCOC(=O)CCCCCCCCCCCCCCCOC(=O)C1=C(CCCC(C)O[Si](C)(C)C(C)(C)C)NC(=O)N2C(CC3(CCC=CC(CC)O[Si](C(C)C)(C(C)C)C(C)C)OCCO3)CCC12. The number of fused-ring (bicyclic) bond motifs is 1. The number of unbranched alkanes of at least 4 members (excludes halogenated alkanes) is 12. The molecule has 0 aromatic heterocycles. The first-order chi connectivity index (χ1) is 33.6. The molecule has 0 aliphatic carbocycles. The molecule has 0 saturated carbocycles. The largest absolute Gasteiger partial charge is 0.462 e. The number of rotatable bonds is 37. The molecular formula is C58H106N2O9Si2. The average molecular weight is 1030 g/mol. The van der Waals surface area contributed by atoms with E-state index in [4.69, 9.17) is 27.8 Å². The Hall–Kier alpha value is -2.30. The fourth-order valence-electron chi connectivity index (χ4n) is 11.4. The van der Waals surface area contributed by atoms with E-state index in [1.54, 1.807) is 6.08 Å². The lowest BCUT2D eigenvalue weighted by Crippen LogP contribution is -2.54. The second kappa shape index (κ2) is 31.6. The first-order valence-corrected chi connectivity index (χ1v) is 33.8. The number of urea groups is 1. The van der Waals surface area contributed by atoms with Gasteiger partial charge in [0.05, 0.1) is 37.5 Å². The number of nitrogens with zero attached hydrogens (tertiary/aromatic N) is 1. The van der Waals surface area contributed by atoms with Gasteiger partial charge in [-0.25, -0.2) is 9.59 Å². The summed E-state index contributed by atoms with van der Waals surface area (Å²) in [4.78, 5) is 42.0. The highest BCUT2D eigenvalue weighted by Gasteiger charge is 2.50. The van der Waals surface area contributed by atoms with Gasteiger partial charge in [0.15, 0.2) is 14.1 Å². The van der Waals surface area contributed by atoms with Crippen LogP contribution >= 0.6 is 0 Å². The van der Waals surface area contributed by atoms with Gasteiger partial charge in [-0.2, -0.15) is 0 Å². The van der Waals surface area contributed by atoms with Crippen LogP contribution in [0.4, 0.5) is 4.79 Å². The Balaban J connectivity index is 1.58. The van der Waals surface area contributed by atoms with Gasteiger partial charge in [-0.3, -0.25) is 4.79 Å². The van der Waals surface area contributed by atoms with Gasteiger partial charge in [0.1, 0.15) is 6.61 Å². The minimum Gasteiger partial charge on any atom is -0.462 e. The zero-order valence-corrected chi connectivity index (χ0v) is 49.7. The fraction of sp³-hybridized carbons (Fsp3) is 0.845. The number of esters is 2. The van der Waals surface area contributed by atoms with Crippen LogP contribution in [-0.2, 0) is 37.4 Å².